The molecule has 0 saturated carbocycles. The van der Waals surface area contributed by atoms with E-state index in [1.54, 1.807) is 0 Å². The van der Waals surface area contributed by atoms with Gasteiger partial charge in [0, 0.05) is 44.3 Å². The van der Waals surface area contributed by atoms with E-state index in [2.05, 4.69) is 69.0 Å². The van der Waals surface area contributed by atoms with Crippen LogP contribution in [0.5, 0.6) is 0 Å². The lowest BCUT2D eigenvalue weighted by Crippen LogP contribution is -2.74. The fraction of sp³-hybridized carbons (Fsp3) is 0.538. The first-order valence-corrected chi connectivity index (χ1v) is 12.5. The fourth-order valence-electron chi connectivity index (χ4n) is 5.37. The molecular weight excluding hydrogens is 428 g/mol. The Hall–Kier alpha value is -2.84. The number of rotatable bonds is 7. The fourth-order valence-corrected chi connectivity index (χ4v) is 5.37. The van der Waals surface area contributed by atoms with E-state index in [9.17, 15) is 4.79 Å². The van der Waals surface area contributed by atoms with Crippen molar-refractivity contribution in [3.05, 3.63) is 60.1 Å². The summed E-state index contributed by atoms with van der Waals surface area (Å²) in [7, 11) is 0. The molecule has 0 radical (unpaired) electrons. The van der Waals surface area contributed by atoms with Gasteiger partial charge in [-0.25, -0.2) is 4.98 Å². The third-order valence-corrected chi connectivity index (χ3v) is 7.07. The van der Waals surface area contributed by atoms with E-state index in [0.29, 0.717) is 13.2 Å². The number of carbonyl (C=O) groups excluding carboxylic acids is 1. The van der Waals surface area contributed by atoms with Crippen molar-refractivity contribution in [2.45, 2.75) is 32.9 Å². The molecule has 4 aliphatic rings. The van der Waals surface area contributed by atoms with Gasteiger partial charge in [-0.3, -0.25) is 15.0 Å². The maximum atomic E-state index is 13.2. The zero-order chi connectivity index (χ0) is 23.5. The number of hydrogen-bond acceptors (Lipinski definition) is 6. The summed E-state index contributed by atoms with van der Waals surface area (Å²) in [4.78, 5) is 24.1. The van der Waals surface area contributed by atoms with Crippen molar-refractivity contribution in [1.29, 1.82) is 0 Å². The number of imidazole rings is 1. The first-order chi connectivity index (χ1) is 16.6. The molecule has 34 heavy (non-hydrogen) atoms. The molecule has 0 aliphatic carbocycles. The normalized spacial score (nSPS) is 24.4. The Morgan fingerprint density at radius 1 is 1.21 bits per heavy atom. The predicted molar refractivity (Wildman–Crippen MR) is 132 cm³/mol. The third-order valence-electron chi connectivity index (χ3n) is 7.07. The average molecular weight is 465 g/mol. The second-order valence-electron chi connectivity index (χ2n) is 9.72. The Kier molecular flexibility index (Phi) is 6.61. The van der Waals surface area contributed by atoms with E-state index in [1.807, 2.05) is 23.5 Å². The topological polar surface area (TPSA) is 65.9 Å². The van der Waals surface area contributed by atoms with E-state index in [4.69, 9.17) is 4.74 Å². The summed E-state index contributed by atoms with van der Waals surface area (Å²) in [5, 5.41) is 3.60. The molecule has 1 aromatic heterocycles. The number of allylic oxidation sites excluding steroid dienone is 4. The first-order valence-electron chi connectivity index (χ1n) is 12.5. The molecule has 1 N–H and O–H groups in total. The molecule has 0 aromatic carbocycles. The zero-order valence-corrected chi connectivity index (χ0v) is 20.3. The highest BCUT2D eigenvalue weighted by Gasteiger charge is 2.54. The van der Waals surface area contributed by atoms with Crippen molar-refractivity contribution < 1.29 is 9.53 Å². The summed E-state index contributed by atoms with van der Waals surface area (Å²) in [5.41, 5.74) is 2.43. The number of carbonyl (C=O) groups is 1. The number of nitrogens with zero attached hydrogens (tertiary/aromatic N) is 5. The number of hydrogen-bond donors (Lipinski definition) is 1. The maximum Gasteiger partial charge on any atom is 0.242 e. The van der Waals surface area contributed by atoms with E-state index in [-0.39, 0.29) is 17.5 Å². The van der Waals surface area contributed by atoms with Gasteiger partial charge in [-0.05, 0) is 25.0 Å². The van der Waals surface area contributed by atoms with Crippen LogP contribution >= 0.6 is 0 Å². The van der Waals surface area contributed by atoms with Gasteiger partial charge in [-0.1, -0.05) is 32.1 Å². The Labute approximate surface area is 202 Å². The Balaban J connectivity index is 1.17. The highest BCUT2D eigenvalue weighted by Crippen LogP contribution is 2.43. The standard InChI is InChI=1S/C26H36N6O2/c1-3-5-8-21-23(9-6-4-2)34-13-12-29(21)15-24(33)31-16-26(17-31)18-32(19-26)25-22-14-27-20-30(22)11-7-10-28-25/h5-9,11,14,20,25,28H,3-4,10,12-13,15-19H2,1-2H3/b8-5-,9-6+. The number of amides is 1. The SMILES string of the molecule is CC/C=C\C1=C(/C=C/CC)OCCN1CC(=O)N1CC2(C1)CN(C1NCC=Cn3cncc31)C2. The van der Waals surface area contributed by atoms with Crippen molar-refractivity contribution in [3.63, 3.8) is 0 Å². The van der Waals surface area contributed by atoms with Crippen molar-refractivity contribution in [2.75, 3.05) is 52.4 Å². The van der Waals surface area contributed by atoms with Crippen LogP contribution in [0.1, 0.15) is 38.5 Å². The smallest absolute Gasteiger partial charge is 0.242 e. The first kappa shape index (κ1) is 22.9. The van der Waals surface area contributed by atoms with Gasteiger partial charge in [0.05, 0.1) is 37.0 Å². The molecule has 8 heteroatoms. The second-order valence-corrected chi connectivity index (χ2v) is 9.72. The van der Waals surface area contributed by atoms with Gasteiger partial charge in [0.1, 0.15) is 18.5 Å². The lowest BCUT2D eigenvalue weighted by Gasteiger charge is -2.61. The Morgan fingerprint density at radius 2 is 2.00 bits per heavy atom. The van der Waals surface area contributed by atoms with Gasteiger partial charge >= 0.3 is 0 Å². The average Bonchev–Trinajstić information content (AvgIpc) is 3.16. The Morgan fingerprint density at radius 3 is 2.79 bits per heavy atom. The highest BCUT2D eigenvalue weighted by molar-refractivity contribution is 5.79. The molecule has 5 rings (SSSR count). The molecule has 182 valence electrons. The molecule has 2 saturated heterocycles. The second kappa shape index (κ2) is 9.80. The minimum Gasteiger partial charge on any atom is -0.490 e. The van der Waals surface area contributed by atoms with Crippen LogP contribution in [0.2, 0.25) is 0 Å². The number of aromatic nitrogens is 2. The van der Waals surface area contributed by atoms with Gasteiger partial charge in [-0.15, -0.1) is 0 Å². The maximum absolute atomic E-state index is 13.2. The molecule has 8 nitrogen and oxygen atoms in total. The van der Waals surface area contributed by atoms with Gasteiger partial charge in [0.2, 0.25) is 5.91 Å². The Bertz CT molecular complexity index is 1010. The predicted octanol–water partition coefficient (Wildman–Crippen LogP) is 2.58. The number of fused-ring (bicyclic) bond motifs is 1. The van der Waals surface area contributed by atoms with E-state index >= 15 is 0 Å². The molecule has 4 aliphatic heterocycles. The molecule has 1 unspecified atom stereocenters. The molecule has 1 spiro atoms. The molecule has 1 atom stereocenters. The van der Waals surface area contributed by atoms with Crippen LogP contribution in [0.25, 0.3) is 6.20 Å². The van der Waals surface area contributed by atoms with Crippen LogP contribution in [-0.2, 0) is 9.53 Å². The summed E-state index contributed by atoms with van der Waals surface area (Å²) >= 11 is 0. The van der Waals surface area contributed by atoms with Gasteiger partial charge in [0.15, 0.2) is 0 Å². The largest absolute Gasteiger partial charge is 0.490 e. The van der Waals surface area contributed by atoms with Crippen molar-refractivity contribution >= 4 is 12.1 Å². The van der Waals surface area contributed by atoms with Crippen LogP contribution in [0.15, 0.2) is 54.4 Å². The van der Waals surface area contributed by atoms with Gasteiger partial charge in [0.25, 0.3) is 0 Å². The monoisotopic (exact) mass is 464 g/mol. The van der Waals surface area contributed by atoms with E-state index in [0.717, 1.165) is 63.6 Å². The quantitative estimate of drug-likeness (QED) is 0.669. The highest BCUT2D eigenvalue weighted by atomic mass is 16.5. The summed E-state index contributed by atoms with van der Waals surface area (Å²) in [6.45, 7) is 10.5. The minimum absolute atomic E-state index is 0.175. The van der Waals surface area contributed by atoms with Crippen LogP contribution in [0.3, 0.4) is 0 Å². The minimum atomic E-state index is 0.175. The lowest BCUT2D eigenvalue weighted by atomic mass is 9.72. The van der Waals surface area contributed by atoms with Crippen molar-refractivity contribution in [3.8, 4) is 0 Å². The molecule has 0 bridgehead atoms. The molecule has 1 aromatic rings. The van der Waals surface area contributed by atoms with Crippen LogP contribution in [-0.4, -0.2) is 82.6 Å². The number of likely N-dealkylation sites (tertiary alicyclic amines) is 2. The van der Waals surface area contributed by atoms with Crippen LogP contribution in [0, 0.1) is 5.41 Å². The van der Waals surface area contributed by atoms with Crippen LogP contribution in [0.4, 0.5) is 0 Å². The number of ether oxygens (including phenoxy) is 1. The van der Waals surface area contributed by atoms with Crippen molar-refractivity contribution in [1.82, 2.24) is 29.6 Å². The summed E-state index contributed by atoms with van der Waals surface area (Å²) in [5.74, 6) is 1.08. The summed E-state index contributed by atoms with van der Waals surface area (Å²) in [6, 6.07) is 0. The van der Waals surface area contributed by atoms with E-state index < -0.39 is 0 Å². The molecule has 2 fully saturated rings. The van der Waals surface area contributed by atoms with Crippen molar-refractivity contribution in [2.24, 2.45) is 5.41 Å². The third kappa shape index (κ3) is 4.44. The molecule has 5 heterocycles. The van der Waals surface area contributed by atoms with Gasteiger partial charge < -0.3 is 19.1 Å². The number of nitrogens with one attached hydrogen (secondary N) is 1. The lowest BCUT2D eigenvalue weighted by molar-refractivity contribution is -0.166. The van der Waals surface area contributed by atoms with E-state index in [1.165, 1.54) is 5.69 Å². The summed E-state index contributed by atoms with van der Waals surface area (Å²) < 4.78 is 8.01. The molecular formula is C26H36N6O2. The van der Waals surface area contributed by atoms with Gasteiger partial charge in [-0.2, -0.15) is 0 Å². The zero-order valence-electron chi connectivity index (χ0n) is 20.3. The summed E-state index contributed by atoms with van der Waals surface area (Å²) in [6.07, 6.45) is 18.5. The van der Waals surface area contributed by atoms with Crippen LogP contribution < -0.4 is 5.32 Å². The molecule has 1 amide bonds.